The van der Waals surface area contributed by atoms with Crippen molar-refractivity contribution in [2.24, 2.45) is 0 Å². The molecule has 1 fully saturated rings. The monoisotopic (exact) mass is 622 g/mol. The van der Waals surface area contributed by atoms with Gasteiger partial charge in [-0.25, -0.2) is 0 Å². The van der Waals surface area contributed by atoms with E-state index in [0.717, 1.165) is 43.7 Å². The minimum absolute atomic E-state index is 0.338. The molecule has 3 aliphatic rings. The third-order valence-corrected chi connectivity index (χ3v) is 9.91. The summed E-state index contributed by atoms with van der Waals surface area (Å²) in [6, 6.07) is 10.1. The van der Waals surface area contributed by atoms with E-state index >= 15 is 0 Å². The fourth-order valence-electron chi connectivity index (χ4n) is 6.81. The molecule has 3 heteroatoms. The number of likely N-dealkylation sites (N-methyl/N-ethyl adjacent to an activating group) is 1. The third-order valence-electron chi connectivity index (χ3n) is 9.66. The Morgan fingerprint density at radius 1 is 1.00 bits per heavy atom. The van der Waals surface area contributed by atoms with Crippen molar-refractivity contribution in [2.45, 2.75) is 97.1 Å². The predicted molar refractivity (Wildman–Crippen MR) is 198 cm³/mol. The van der Waals surface area contributed by atoms with Gasteiger partial charge in [0.1, 0.15) is 0 Å². The van der Waals surface area contributed by atoms with Crippen molar-refractivity contribution in [3.8, 4) is 0 Å². The van der Waals surface area contributed by atoms with Crippen LogP contribution in [-0.2, 0) is 0 Å². The Morgan fingerprint density at radius 3 is 2.62 bits per heavy atom. The Morgan fingerprint density at radius 2 is 1.82 bits per heavy atom. The molecule has 1 aliphatic heterocycles. The van der Waals surface area contributed by atoms with E-state index in [9.17, 15) is 0 Å². The van der Waals surface area contributed by atoms with E-state index in [1.807, 2.05) is 12.2 Å². The summed E-state index contributed by atoms with van der Waals surface area (Å²) >= 11 is 6.38. The Labute approximate surface area is 279 Å². The van der Waals surface area contributed by atoms with E-state index in [0.29, 0.717) is 18.0 Å². The molecular weight excluding hydrogens is 568 g/mol. The molecule has 0 amide bonds. The summed E-state index contributed by atoms with van der Waals surface area (Å²) in [5, 5.41) is 0.771. The summed E-state index contributed by atoms with van der Waals surface area (Å²) in [4.78, 5) is 5.31. The Kier molecular flexibility index (Phi) is 14.0. The number of hydrogen-bond acceptors (Lipinski definition) is 2. The highest BCUT2D eigenvalue weighted by Crippen LogP contribution is 2.35. The van der Waals surface area contributed by atoms with Crippen molar-refractivity contribution in [3.63, 3.8) is 0 Å². The van der Waals surface area contributed by atoms with Gasteiger partial charge in [0.15, 0.2) is 0 Å². The SMILES string of the molecule is CC\C=C/C(Cl)=C\C=C\C[C@H](/C1=C/C/C=C(C)\C(N(C)C2CCCN(C(C)C3=CCC=CC=C3)CC2)=C/C1)c1ccc(C)cc1. The highest BCUT2D eigenvalue weighted by atomic mass is 35.5. The molecule has 1 saturated heterocycles. The number of hydrogen-bond donors (Lipinski definition) is 0. The topological polar surface area (TPSA) is 6.48 Å². The summed E-state index contributed by atoms with van der Waals surface area (Å²) in [5.41, 5.74) is 8.44. The lowest BCUT2D eigenvalue weighted by atomic mass is 9.84. The maximum Gasteiger partial charge on any atom is 0.0402 e. The summed E-state index contributed by atoms with van der Waals surface area (Å²) in [5.74, 6) is 0.338. The van der Waals surface area contributed by atoms with Gasteiger partial charge in [0.2, 0.25) is 0 Å². The molecule has 1 heterocycles. The lowest BCUT2D eigenvalue weighted by Crippen LogP contribution is -2.37. The summed E-state index contributed by atoms with van der Waals surface area (Å²) < 4.78 is 0. The largest absolute Gasteiger partial charge is 0.372 e. The van der Waals surface area contributed by atoms with Crippen LogP contribution in [0.2, 0.25) is 0 Å². The van der Waals surface area contributed by atoms with Gasteiger partial charge in [-0.3, -0.25) is 4.90 Å². The molecule has 2 unspecified atom stereocenters. The minimum Gasteiger partial charge on any atom is -0.372 e. The van der Waals surface area contributed by atoms with Crippen LogP contribution in [-0.4, -0.2) is 42.0 Å². The molecule has 0 spiro atoms. The van der Waals surface area contributed by atoms with Crippen LogP contribution in [0.3, 0.4) is 0 Å². The fraction of sp³-hybridized carbons (Fsp3) is 0.429. The van der Waals surface area contributed by atoms with E-state index in [1.165, 1.54) is 59.4 Å². The van der Waals surface area contributed by atoms with Gasteiger partial charge in [0.05, 0.1) is 0 Å². The number of allylic oxidation sites excluding steroid dienone is 15. The zero-order valence-corrected chi connectivity index (χ0v) is 29.1. The molecule has 240 valence electrons. The number of aryl methyl sites for hydroxylation is 1. The molecule has 2 aliphatic carbocycles. The second-order valence-electron chi connectivity index (χ2n) is 12.8. The second kappa shape index (κ2) is 18.2. The minimum atomic E-state index is 0.338. The number of rotatable bonds is 11. The van der Waals surface area contributed by atoms with E-state index in [2.05, 4.69) is 136 Å². The van der Waals surface area contributed by atoms with Crippen LogP contribution in [0.15, 0.2) is 131 Å². The van der Waals surface area contributed by atoms with Crippen molar-refractivity contribution in [1.82, 2.24) is 9.80 Å². The van der Waals surface area contributed by atoms with Crippen LogP contribution in [0.1, 0.15) is 89.2 Å². The molecule has 2 nitrogen and oxygen atoms in total. The molecule has 0 N–H and O–H groups in total. The zero-order chi connectivity index (χ0) is 32.0. The van der Waals surface area contributed by atoms with Gasteiger partial charge in [-0.2, -0.15) is 0 Å². The van der Waals surface area contributed by atoms with Crippen LogP contribution in [0.5, 0.6) is 0 Å². The Bertz CT molecular complexity index is 1380. The van der Waals surface area contributed by atoms with Crippen molar-refractivity contribution >= 4 is 11.6 Å². The van der Waals surface area contributed by atoms with Crippen LogP contribution in [0.25, 0.3) is 0 Å². The van der Waals surface area contributed by atoms with Gasteiger partial charge in [0.25, 0.3) is 0 Å². The van der Waals surface area contributed by atoms with E-state index in [4.69, 9.17) is 11.6 Å². The normalized spacial score (nSPS) is 25.2. The summed E-state index contributed by atoms with van der Waals surface area (Å²) in [7, 11) is 2.34. The Hall–Kier alpha value is -3.07. The molecule has 0 saturated carbocycles. The quantitative estimate of drug-likeness (QED) is 0.179. The second-order valence-corrected chi connectivity index (χ2v) is 13.3. The standard InChI is InChI=1S/C42H55ClN2/c1-6-7-20-39(43)21-12-13-23-41(38-26-24-33(2)25-27-38)37-19-14-16-34(3)42(29-28-37)44(5)40-22-15-31-45(32-30-40)35(4)36-17-10-8-9-11-18-36/h7-10,12-13,16-21,24-27,29,35,40-41H,6,11,14-15,22-23,28,30-32H2,1-5H3/b13-12+,20-7-,34-16-,37-19+,39-21+,42-29+/t35?,40?,41-/m1/s1. The first kappa shape index (κ1) is 34.8. The molecular formula is C42H55ClN2. The van der Waals surface area contributed by atoms with Crippen molar-refractivity contribution in [3.05, 3.63) is 142 Å². The fourth-order valence-corrected chi connectivity index (χ4v) is 6.97. The number of benzene rings is 1. The number of halogens is 1. The van der Waals surface area contributed by atoms with E-state index in [-0.39, 0.29) is 0 Å². The van der Waals surface area contributed by atoms with Crippen LogP contribution >= 0.6 is 11.6 Å². The molecule has 0 radical (unpaired) electrons. The summed E-state index contributed by atoms with van der Waals surface area (Å²) in [6.07, 6.45) is 37.8. The molecule has 0 aromatic heterocycles. The van der Waals surface area contributed by atoms with Gasteiger partial charge >= 0.3 is 0 Å². The average Bonchev–Trinajstić information content (AvgIpc) is 3.46. The van der Waals surface area contributed by atoms with Crippen LogP contribution in [0, 0.1) is 6.92 Å². The number of nitrogens with zero attached hydrogens (tertiary/aromatic N) is 2. The predicted octanol–water partition coefficient (Wildman–Crippen LogP) is 11.3. The van der Waals surface area contributed by atoms with Gasteiger partial charge in [-0.15, -0.1) is 0 Å². The first-order valence-electron chi connectivity index (χ1n) is 17.2. The maximum absolute atomic E-state index is 6.38. The molecule has 45 heavy (non-hydrogen) atoms. The van der Waals surface area contributed by atoms with Crippen LogP contribution in [0.4, 0.5) is 0 Å². The van der Waals surface area contributed by atoms with Crippen molar-refractivity contribution in [1.29, 1.82) is 0 Å². The van der Waals surface area contributed by atoms with Crippen molar-refractivity contribution < 1.29 is 0 Å². The third kappa shape index (κ3) is 10.5. The van der Waals surface area contributed by atoms with Gasteiger partial charge < -0.3 is 4.90 Å². The first-order valence-corrected chi connectivity index (χ1v) is 17.6. The molecule has 0 bridgehead atoms. The van der Waals surface area contributed by atoms with Gasteiger partial charge in [-0.05, 0) is 108 Å². The first-order chi connectivity index (χ1) is 21.9. The maximum atomic E-state index is 6.38. The van der Waals surface area contributed by atoms with E-state index < -0.39 is 0 Å². The highest BCUT2D eigenvalue weighted by molar-refractivity contribution is 6.31. The lowest BCUT2D eigenvalue weighted by molar-refractivity contribution is 0.230. The Balaban J connectivity index is 1.48. The average molecular weight is 623 g/mol. The highest BCUT2D eigenvalue weighted by Gasteiger charge is 2.26. The lowest BCUT2D eigenvalue weighted by Gasteiger charge is -2.34. The molecule has 4 rings (SSSR count). The molecule has 3 atom stereocenters. The molecule has 1 aromatic rings. The molecule has 1 aromatic carbocycles. The van der Waals surface area contributed by atoms with Gasteiger partial charge in [0, 0.05) is 42.3 Å². The smallest absolute Gasteiger partial charge is 0.0402 e. The van der Waals surface area contributed by atoms with Crippen molar-refractivity contribution in [2.75, 3.05) is 20.1 Å². The van der Waals surface area contributed by atoms with E-state index in [1.54, 1.807) is 0 Å². The summed E-state index contributed by atoms with van der Waals surface area (Å²) in [6.45, 7) is 11.3. The van der Waals surface area contributed by atoms with Crippen LogP contribution < -0.4 is 0 Å². The van der Waals surface area contributed by atoms with Gasteiger partial charge in [-0.1, -0.05) is 121 Å². The zero-order valence-electron chi connectivity index (χ0n) is 28.4. The number of likely N-dealkylation sites (tertiary alicyclic amines) is 1.